The van der Waals surface area contributed by atoms with Crippen LogP contribution in [0.25, 0.3) is 0 Å². The minimum Gasteiger partial charge on any atom is -0.457 e. The van der Waals surface area contributed by atoms with Crippen LogP contribution in [0, 0.1) is 0 Å². The zero-order valence-electron chi connectivity index (χ0n) is 11.2. The van der Waals surface area contributed by atoms with E-state index in [4.69, 9.17) is 15.6 Å². The molecule has 2 rings (SSSR count). The van der Waals surface area contributed by atoms with Crippen LogP contribution in [0.1, 0.15) is 24.4 Å². The molecule has 1 atom stereocenters. The highest BCUT2D eigenvalue weighted by Crippen LogP contribution is 2.23. The summed E-state index contributed by atoms with van der Waals surface area (Å²) in [6, 6.07) is 17.4. The van der Waals surface area contributed by atoms with Crippen LogP contribution in [0.5, 0.6) is 11.5 Å². The molecule has 20 heavy (non-hydrogen) atoms. The molecule has 0 unspecified atom stereocenters. The van der Waals surface area contributed by atoms with Gasteiger partial charge in [-0.15, -0.1) is 12.4 Å². The van der Waals surface area contributed by atoms with Crippen LogP contribution in [0.15, 0.2) is 54.6 Å². The molecule has 0 saturated carbocycles. The Morgan fingerprint density at radius 3 is 2.15 bits per heavy atom. The molecular weight excluding hydrogens is 274 g/mol. The third kappa shape index (κ3) is 4.85. The van der Waals surface area contributed by atoms with E-state index >= 15 is 0 Å². The van der Waals surface area contributed by atoms with Crippen LogP contribution in [0.2, 0.25) is 0 Å². The number of rotatable bonds is 6. The highest BCUT2D eigenvalue weighted by molar-refractivity contribution is 5.85. The fraction of sp³-hybridized carbons (Fsp3) is 0.250. The number of aliphatic hydroxyl groups is 1. The summed E-state index contributed by atoms with van der Waals surface area (Å²) < 4.78 is 5.71. The second kappa shape index (κ2) is 8.59. The first-order valence-electron chi connectivity index (χ1n) is 6.49. The van der Waals surface area contributed by atoms with Crippen LogP contribution in [0.3, 0.4) is 0 Å². The van der Waals surface area contributed by atoms with Crippen molar-refractivity contribution in [2.45, 2.75) is 18.9 Å². The van der Waals surface area contributed by atoms with E-state index < -0.39 is 0 Å². The Morgan fingerprint density at radius 1 is 0.950 bits per heavy atom. The molecule has 0 heterocycles. The molecule has 0 fully saturated rings. The summed E-state index contributed by atoms with van der Waals surface area (Å²) >= 11 is 0. The minimum atomic E-state index is -0.0297. The van der Waals surface area contributed by atoms with Crippen molar-refractivity contribution < 1.29 is 9.84 Å². The van der Waals surface area contributed by atoms with Gasteiger partial charge in [0.05, 0.1) is 0 Å². The first kappa shape index (κ1) is 16.5. The second-order valence-electron chi connectivity index (χ2n) is 4.46. The fourth-order valence-electron chi connectivity index (χ4n) is 1.89. The molecule has 2 aromatic carbocycles. The third-order valence-electron chi connectivity index (χ3n) is 2.96. The molecule has 0 bridgehead atoms. The van der Waals surface area contributed by atoms with Gasteiger partial charge >= 0.3 is 0 Å². The van der Waals surface area contributed by atoms with Crippen LogP contribution in [-0.2, 0) is 0 Å². The van der Waals surface area contributed by atoms with E-state index in [9.17, 15) is 0 Å². The van der Waals surface area contributed by atoms with Gasteiger partial charge in [-0.3, -0.25) is 0 Å². The minimum absolute atomic E-state index is 0. The lowest BCUT2D eigenvalue weighted by Crippen LogP contribution is -2.10. The summed E-state index contributed by atoms with van der Waals surface area (Å²) in [4.78, 5) is 0. The lowest BCUT2D eigenvalue weighted by Gasteiger charge is -2.12. The zero-order valence-corrected chi connectivity index (χ0v) is 12.1. The molecule has 3 N–H and O–H groups in total. The van der Waals surface area contributed by atoms with Gasteiger partial charge < -0.3 is 15.6 Å². The van der Waals surface area contributed by atoms with E-state index in [2.05, 4.69) is 0 Å². The fourth-order valence-corrected chi connectivity index (χ4v) is 1.89. The Bertz CT molecular complexity index is 488. The molecule has 0 aromatic heterocycles. The zero-order chi connectivity index (χ0) is 13.5. The van der Waals surface area contributed by atoms with Crippen LogP contribution < -0.4 is 10.5 Å². The maximum absolute atomic E-state index is 8.79. The maximum Gasteiger partial charge on any atom is 0.127 e. The predicted molar refractivity (Wildman–Crippen MR) is 83.5 cm³/mol. The molecule has 0 amide bonds. The van der Waals surface area contributed by atoms with E-state index in [1.807, 2.05) is 54.6 Å². The number of nitrogens with two attached hydrogens (primary N) is 1. The van der Waals surface area contributed by atoms with Crippen molar-refractivity contribution in [3.63, 3.8) is 0 Å². The SMILES string of the molecule is Cl.N[C@@H](CCCO)c1ccc(Oc2ccccc2)cc1. The van der Waals surface area contributed by atoms with E-state index in [1.54, 1.807) is 0 Å². The largest absolute Gasteiger partial charge is 0.457 e. The molecule has 0 spiro atoms. The summed E-state index contributed by atoms with van der Waals surface area (Å²) in [6.07, 6.45) is 1.51. The van der Waals surface area contributed by atoms with Crippen molar-refractivity contribution in [1.82, 2.24) is 0 Å². The standard InChI is InChI=1S/C16H19NO2.ClH/c17-16(7-4-12-18)13-8-10-15(11-9-13)19-14-5-2-1-3-6-14;/h1-3,5-6,8-11,16,18H,4,7,12,17H2;1H/t16-;/m0./s1. The van der Waals surface area contributed by atoms with Crippen molar-refractivity contribution in [3.8, 4) is 11.5 Å². The second-order valence-corrected chi connectivity index (χ2v) is 4.46. The molecule has 0 saturated heterocycles. The molecule has 108 valence electrons. The molecule has 0 radical (unpaired) electrons. The van der Waals surface area contributed by atoms with Crippen molar-refractivity contribution in [1.29, 1.82) is 0 Å². The normalized spacial score (nSPS) is 11.5. The molecule has 0 aliphatic heterocycles. The van der Waals surface area contributed by atoms with Crippen molar-refractivity contribution in [3.05, 3.63) is 60.2 Å². The van der Waals surface area contributed by atoms with Gasteiger partial charge in [-0.2, -0.15) is 0 Å². The lowest BCUT2D eigenvalue weighted by molar-refractivity contribution is 0.280. The predicted octanol–water partition coefficient (Wildman–Crippen LogP) is 3.67. The van der Waals surface area contributed by atoms with Gasteiger partial charge in [0.2, 0.25) is 0 Å². The number of hydrogen-bond donors (Lipinski definition) is 2. The summed E-state index contributed by atoms with van der Waals surface area (Å²) in [5.41, 5.74) is 7.10. The Hall–Kier alpha value is -1.55. The molecule has 0 aliphatic carbocycles. The van der Waals surface area contributed by atoms with Crippen molar-refractivity contribution in [2.24, 2.45) is 5.73 Å². The molecule has 3 nitrogen and oxygen atoms in total. The van der Waals surface area contributed by atoms with Crippen molar-refractivity contribution in [2.75, 3.05) is 6.61 Å². The monoisotopic (exact) mass is 293 g/mol. The van der Waals surface area contributed by atoms with Gasteiger partial charge in [0.25, 0.3) is 0 Å². The van der Waals surface area contributed by atoms with Gasteiger partial charge in [0.1, 0.15) is 11.5 Å². The Labute approximate surface area is 125 Å². The number of ether oxygens (including phenoxy) is 1. The summed E-state index contributed by atoms with van der Waals surface area (Å²) in [6.45, 7) is 0.183. The lowest BCUT2D eigenvalue weighted by atomic mass is 10.0. The highest BCUT2D eigenvalue weighted by Gasteiger charge is 2.05. The highest BCUT2D eigenvalue weighted by atomic mass is 35.5. The third-order valence-corrected chi connectivity index (χ3v) is 2.96. The van der Waals surface area contributed by atoms with Gasteiger partial charge in [-0.1, -0.05) is 30.3 Å². The first-order chi connectivity index (χ1) is 9.29. The average molecular weight is 294 g/mol. The summed E-state index contributed by atoms with van der Waals surface area (Å²) in [7, 11) is 0. The smallest absolute Gasteiger partial charge is 0.127 e. The van der Waals surface area contributed by atoms with E-state index in [0.29, 0.717) is 0 Å². The number of benzene rings is 2. The average Bonchev–Trinajstić information content (AvgIpc) is 2.46. The number of hydrogen-bond acceptors (Lipinski definition) is 3. The molecular formula is C16H20ClNO2. The summed E-state index contributed by atoms with van der Waals surface area (Å²) in [5.74, 6) is 1.61. The van der Waals surface area contributed by atoms with E-state index in [1.165, 1.54) is 0 Å². The number of para-hydroxylation sites is 1. The first-order valence-corrected chi connectivity index (χ1v) is 6.49. The summed E-state index contributed by atoms with van der Waals surface area (Å²) in [5, 5.41) is 8.79. The maximum atomic E-state index is 8.79. The Balaban J connectivity index is 0.00000200. The van der Waals surface area contributed by atoms with Crippen LogP contribution >= 0.6 is 12.4 Å². The Kier molecular flexibility index (Phi) is 7.09. The van der Waals surface area contributed by atoms with E-state index in [0.717, 1.165) is 29.9 Å². The van der Waals surface area contributed by atoms with Crippen LogP contribution in [-0.4, -0.2) is 11.7 Å². The van der Waals surface area contributed by atoms with Gasteiger partial charge in [-0.25, -0.2) is 0 Å². The quantitative estimate of drug-likeness (QED) is 0.854. The van der Waals surface area contributed by atoms with Gasteiger partial charge in [-0.05, 0) is 42.7 Å². The van der Waals surface area contributed by atoms with Gasteiger partial charge in [0, 0.05) is 12.6 Å². The van der Waals surface area contributed by atoms with Crippen LogP contribution in [0.4, 0.5) is 0 Å². The van der Waals surface area contributed by atoms with E-state index in [-0.39, 0.29) is 25.1 Å². The Morgan fingerprint density at radius 2 is 1.55 bits per heavy atom. The van der Waals surface area contributed by atoms with Crippen molar-refractivity contribution >= 4 is 12.4 Å². The molecule has 4 heteroatoms. The molecule has 0 aliphatic rings. The molecule has 2 aromatic rings. The number of aliphatic hydroxyl groups excluding tert-OH is 1. The van der Waals surface area contributed by atoms with Gasteiger partial charge in [0.15, 0.2) is 0 Å². The topological polar surface area (TPSA) is 55.5 Å². The number of halogens is 1.